The molecule has 7 nitrogen and oxygen atoms in total. The molecule has 0 bridgehead atoms. The largest absolute Gasteiger partial charge is 0.449 e. The van der Waals surface area contributed by atoms with Gasteiger partial charge in [-0.2, -0.15) is 5.26 Å². The Balaban J connectivity index is 2.92. The SMILES string of the molecule is CCCOC(=O)Nc1ccc(C#N)cc1[N+](=O)[O-]. The van der Waals surface area contributed by atoms with E-state index in [9.17, 15) is 14.9 Å². The molecule has 7 heteroatoms. The van der Waals surface area contributed by atoms with Crippen LogP contribution < -0.4 is 5.32 Å². The van der Waals surface area contributed by atoms with Crippen molar-refractivity contribution in [1.29, 1.82) is 5.26 Å². The highest BCUT2D eigenvalue weighted by Gasteiger charge is 2.17. The predicted octanol–water partition coefficient (Wildman–Crippen LogP) is 2.42. The molecular formula is C11H11N3O4. The van der Waals surface area contributed by atoms with Crippen molar-refractivity contribution >= 4 is 17.5 Å². The highest BCUT2D eigenvalue weighted by Crippen LogP contribution is 2.25. The van der Waals surface area contributed by atoms with Gasteiger partial charge >= 0.3 is 6.09 Å². The number of hydrogen-bond donors (Lipinski definition) is 1. The first-order chi connectivity index (χ1) is 8.58. The summed E-state index contributed by atoms with van der Waals surface area (Å²) in [4.78, 5) is 21.4. The molecule has 1 aromatic carbocycles. The summed E-state index contributed by atoms with van der Waals surface area (Å²) in [5, 5.41) is 21.7. The van der Waals surface area contributed by atoms with Gasteiger partial charge < -0.3 is 4.74 Å². The third-order valence-corrected chi connectivity index (χ3v) is 2.00. The maximum atomic E-state index is 11.3. The number of nitrogens with zero attached hydrogens (tertiary/aromatic N) is 2. The van der Waals surface area contributed by atoms with Gasteiger partial charge in [-0.05, 0) is 18.6 Å². The second-order valence-corrected chi connectivity index (χ2v) is 3.36. The van der Waals surface area contributed by atoms with Crippen LogP contribution >= 0.6 is 0 Å². The van der Waals surface area contributed by atoms with E-state index in [1.165, 1.54) is 12.1 Å². The number of nitriles is 1. The first-order valence-corrected chi connectivity index (χ1v) is 5.20. The number of anilines is 1. The lowest BCUT2D eigenvalue weighted by atomic mass is 10.2. The maximum absolute atomic E-state index is 11.3. The van der Waals surface area contributed by atoms with Crippen molar-refractivity contribution in [3.05, 3.63) is 33.9 Å². The van der Waals surface area contributed by atoms with E-state index in [-0.39, 0.29) is 23.5 Å². The van der Waals surface area contributed by atoms with Crippen LogP contribution in [0.3, 0.4) is 0 Å². The zero-order valence-corrected chi connectivity index (χ0v) is 9.67. The minimum absolute atomic E-state index is 0.0000954. The number of carbonyl (C=O) groups excluding carboxylic acids is 1. The monoisotopic (exact) mass is 249 g/mol. The Kier molecular flexibility index (Phi) is 4.63. The molecule has 0 spiro atoms. The molecule has 0 heterocycles. The molecule has 0 unspecified atom stereocenters. The Hall–Kier alpha value is -2.62. The van der Waals surface area contributed by atoms with Crippen molar-refractivity contribution in [2.24, 2.45) is 0 Å². The third-order valence-electron chi connectivity index (χ3n) is 2.00. The number of nitro groups is 1. The number of benzene rings is 1. The predicted molar refractivity (Wildman–Crippen MR) is 63.1 cm³/mol. The summed E-state index contributed by atoms with van der Waals surface area (Å²) in [6, 6.07) is 5.55. The molecule has 0 radical (unpaired) electrons. The fraction of sp³-hybridized carbons (Fsp3) is 0.273. The van der Waals surface area contributed by atoms with Crippen LogP contribution in [0.15, 0.2) is 18.2 Å². The van der Waals surface area contributed by atoms with Crippen LogP contribution in [0.1, 0.15) is 18.9 Å². The van der Waals surface area contributed by atoms with Gasteiger partial charge in [-0.15, -0.1) is 0 Å². The molecule has 0 aliphatic carbocycles. The van der Waals surface area contributed by atoms with Crippen molar-refractivity contribution in [1.82, 2.24) is 0 Å². The van der Waals surface area contributed by atoms with Crippen molar-refractivity contribution in [3.8, 4) is 6.07 Å². The first kappa shape index (κ1) is 13.4. The number of nitrogens with one attached hydrogen (secondary N) is 1. The number of nitro benzene ring substituents is 1. The van der Waals surface area contributed by atoms with Crippen molar-refractivity contribution in [2.45, 2.75) is 13.3 Å². The molecule has 1 amide bonds. The molecule has 18 heavy (non-hydrogen) atoms. The van der Waals surface area contributed by atoms with Crippen LogP contribution in [-0.4, -0.2) is 17.6 Å². The molecule has 0 atom stereocenters. The Bertz CT molecular complexity index is 508. The van der Waals surface area contributed by atoms with Gasteiger partial charge in [0.2, 0.25) is 0 Å². The number of carbonyl (C=O) groups is 1. The zero-order chi connectivity index (χ0) is 13.5. The van der Waals surface area contributed by atoms with Gasteiger partial charge in [-0.1, -0.05) is 6.92 Å². The molecule has 0 saturated carbocycles. The quantitative estimate of drug-likeness (QED) is 0.651. The molecule has 1 aromatic rings. The highest BCUT2D eigenvalue weighted by atomic mass is 16.6. The summed E-state index contributed by atoms with van der Waals surface area (Å²) < 4.78 is 4.75. The maximum Gasteiger partial charge on any atom is 0.411 e. The van der Waals surface area contributed by atoms with E-state index in [0.29, 0.717) is 6.42 Å². The highest BCUT2D eigenvalue weighted by molar-refractivity contribution is 5.88. The molecule has 0 aliphatic heterocycles. The lowest BCUT2D eigenvalue weighted by Gasteiger charge is -2.06. The van der Waals surface area contributed by atoms with E-state index in [2.05, 4.69) is 5.32 Å². The van der Waals surface area contributed by atoms with Gasteiger partial charge in [0.15, 0.2) is 0 Å². The Morgan fingerprint density at radius 3 is 2.89 bits per heavy atom. The van der Waals surface area contributed by atoms with Crippen LogP contribution in [0.25, 0.3) is 0 Å². The van der Waals surface area contributed by atoms with Gasteiger partial charge in [0.25, 0.3) is 5.69 Å². The molecule has 0 aromatic heterocycles. The molecular weight excluding hydrogens is 238 g/mol. The topological polar surface area (TPSA) is 105 Å². The first-order valence-electron chi connectivity index (χ1n) is 5.20. The minimum atomic E-state index is -0.760. The van der Waals surface area contributed by atoms with Gasteiger partial charge in [0.05, 0.1) is 23.2 Å². The van der Waals surface area contributed by atoms with Crippen molar-refractivity contribution in [3.63, 3.8) is 0 Å². The summed E-state index contributed by atoms with van der Waals surface area (Å²) in [5.74, 6) is 0. The van der Waals surface area contributed by atoms with Gasteiger partial charge in [0, 0.05) is 6.07 Å². The third kappa shape index (κ3) is 3.45. The molecule has 1 N–H and O–H groups in total. The second-order valence-electron chi connectivity index (χ2n) is 3.36. The summed E-state index contributed by atoms with van der Waals surface area (Å²) in [7, 11) is 0. The number of rotatable bonds is 4. The van der Waals surface area contributed by atoms with Crippen molar-refractivity contribution in [2.75, 3.05) is 11.9 Å². The van der Waals surface area contributed by atoms with Crippen LogP contribution in [0.5, 0.6) is 0 Å². The van der Waals surface area contributed by atoms with E-state index in [1.807, 2.05) is 6.92 Å². The Labute approximate surface area is 103 Å². The fourth-order valence-corrected chi connectivity index (χ4v) is 1.20. The summed E-state index contributed by atoms with van der Waals surface area (Å²) in [6.07, 6.45) is -0.104. The molecule has 0 aliphatic rings. The molecule has 94 valence electrons. The van der Waals surface area contributed by atoms with Crippen LogP contribution in [0.2, 0.25) is 0 Å². The number of ether oxygens (including phenoxy) is 1. The van der Waals surface area contributed by atoms with Crippen LogP contribution in [-0.2, 0) is 4.74 Å². The van der Waals surface area contributed by atoms with E-state index in [4.69, 9.17) is 10.00 Å². The van der Waals surface area contributed by atoms with Gasteiger partial charge in [-0.25, -0.2) is 4.79 Å². The standard InChI is InChI=1S/C11H11N3O4/c1-2-5-18-11(15)13-9-4-3-8(7-12)6-10(9)14(16)17/h3-4,6H,2,5H2,1H3,(H,13,15). The van der Waals surface area contributed by atoms with Gasteiger partial charge in [0.1, 0.15) is 5.69 Å². The average Bonchev–Trinajstić information content (AvgIpc) is 2.36. The number of amides is 1. The van der Waals surface area contributed by atoms with E-state index in [1.54, 1.807) is 6.07 Å². The Morgan fingerprint density at radius 1 is 1.61 bits per heavy atom. The van der Waals surface area contributed by atoms with Crippen LogP contribution in [0, 0.1) is 21.4 Å². The summed E-state index contributed by atoms with van der Waals surface area (Å²) >= 11 is 0. The second kappa shape index (κ2) is 6.20. The summed E-state index contributed by atoms with van der Waals surface area (Å²) in [6.45, 7) is 2.06. The van der Waals surface area contributed by atoms with Gasteiger partial charge in [-0.3, -0.25) is 15.4 Å². The lowest BCUT2D eigenvalue weighted by Crippen LogP contribution is -2.15. The van der Waals surface area contributed by atoms with E-state index >= 15 is 0 Å². The zero-order valence-electron chi connectivity index (χ0n) is 9.67. The van der Waals surface area contributed by atoms with E-state index < -0.39 is 11.0 Å². The molecule has 0 fully saturated rings. The fourth-order valence-electron chi connectivity index (χ4n) is 1.20. The lowest BCUT2D eigenvalue weighted by molar-refractivity contribution is -0.383. The van der Waals surface area contributed by atoms with Crippen molar-refractivity contribution < 1.29 is 14.5 Å². The molecule has 1 rings (SSSR count). The molecule has 0 saturated heterocycles. The average molecular weight is 249 g/mol. The van der Waals surface area contributed by atoms with Crippen LogP contribution in [0.4, 0.5) is 16.2 Å². The Morgan fingerprint density at radius 2 is 2.33 bits per heavy atom. The minimum Gasteiger partial charge on any atom is -0.449 e. The summed E-state index contributed by atoms with van der Waals surface area (Å²) in [5.41, 5.74) is -0.197. The van der Waals surface area contributed by atoms with E-state index in [0.717, 1.165) is 6.07 Å². The number of hydrogen-bond acceptors (Lipinski definition) is 5. The normalized spacial score (nSPS) is 9.33. The smallest absolute Gasteiger partial charge is 0.411 e.